The molecule has 2 aromatic rings. The predicted molar refractivity (Wildman–Crippen MR) is 75.8 cm³/mol. The maximum atomic E-state index is 12.2. The van der Waals surface area contributed by atoms with Gasteiger partial charge in [-0.1, -0.05) is 13.3 Å². The summed E-state index contributed by atoms with van der Waals surface area (Å²) < 4.78 is 7.14. The number of hydrogen-bond donors (Lipinski definition) is 1. The lowest BCUT2D eigenvalue weighted by Crippen LogP contribution is -2.16. The minimum Gasteiger partial charge on any atom is -0.436 e. The van der Waals surface area contributed by atoms with Crippen molar-refractivity contribution in [3.63, 3.8) is 0 Å². The molecule has 6 heteroatoms. The van der Waals surface area contributed by atoms with Crippen LogP contribution in [-0.2, 0) is 6.54 Å². The van der Waals surface area contributed by atoms with Gasteiger partial charge in [-0.25, -0.2) is 9.67 Å². The number of hydrogen-bond acceptors (Lipinski definition) is 4. The normalized spacial score (nSPS) is 10.8. The third-order valence-electron chi connectivity index (χ3n) is 2.98. The monoisotopic (exact) mass is 276 g/mol. The first kappa shape index (κ1) is 14.3. The van der Waals surface area contributed by atoms with Gasteiger partial charge in [0.15, 0.2) is 5.89 Å². The van der Waals surface area contributed by atoms with Gasteiger partial charge in [-0.2, -0.15) is 5.10 Å². The average Bonchev–Trinajstić information content (AvgIpc) is 2.89. The van der Waals surface area contributed by atoms with Crippen molar-refractivity contribution in [2.24, 2.45) is 0 Å². The molecule has 0 aromatic carbocycles. The first-order valence-corrected chi connectivity index (χ1v) is 6.81. The van der Waals surface area contributed by atoms with Crippen LogP contribution in [0.3, 0.4) is 0 Å². The molecule has 0 fully saturated rings. The molecule has 0 saturated heterocycles. The molecule has 0 unspecified atom stereocenters. The first-order valence-electron chi connectivity index (χ1n) is 6.81. The highest BCUT2D eigenvalue weighted by Gasteiger charge is 2.18. The van der Waals surface area contributed by atoms with Crippen molar-refractivity contribution in [2.75, 3.05) is 5.32 Å². The molecule has 0 spiro atoms. The van der Waals surface area contributed by atoms with Crippen LogP contribution in [0.25, 0.3) is 0 Å². The summed E-state index contributed by atoms with van der Waals surface area (Å²) >= 11 is 0. The molecule has 0 aliphatic carbocycles. The summed E-state index contributed by atoms with van der Waals surface area (Å²) in [6, 6.07) is 1.85. The van der Waals surface area contributed by atoms with E-state index < -0.39 is 0 Å². The summed E-state index contributed by atoms with van der Waals surface area (Å²) in [6.45, 7) is 8.29. The van der Waals surface area contributed by atoms with Crippen LogP contribution in [0.4, 0.5) is 5.82 Å². The van der Waals surface area contributed by atoms with Crippen LogP contribution in [0.5, 0.6) is 0 Å². The smallest absolute Gasteiger partial charge is 0.294 e. The van der Waals surface area contributed by atoms with Gasteiger partial charge < -0.3 is 9.73 Å². The fourth-order valence-electron chi connectivity index (χ4n) is 2.04. The number of nitrogens with zero attached hydrogens (tertiary/aromatic N) is 3. The third-order valence-corrected chi connectivity index (χ3v) is 2.98. The van der Waals surface area contributed by atoms with Gasteiger partial charge in [0.2, 0.25) is 5.76 Å². The molecule has 108 valence electrons. The van der Waals surface area contributed by atoms with Crippen molar-refractivity contribution in [2.45, 2.75) is 47.1 Å². The predicted octanol–water partition coefficient (Wildman–Crippen LogP) is 2.85. The zero-order chi connectivity index (χ0) is 14.7. The van der Waals surface area contributed by atoms with Gasteiger partial charge in [0.05, 0.1) is 11.4 Å². The SMILES string of the molecule is CCCCn1nc(C)cc1NC(=O)c1oc(C)nc1C. The van der Waals surface area contributed by atoms with Gasteiger partial charge in [-0.3, -0.25) is 4.79 Å². The third kappa shape index (κ3) is 3.07. The van der Waals surface area contributed by atoms with Crippen LogP contribution in [0.15, 0.2) is 10.5 Å². The van der Waals surface area contributed by atoms with E-state index in [1.54, 1.807) is 13.8 Å². The molecule has 1 amide bonds. The Morgan fingerprint density at radius 1 is 1.40 bits per heavy atom. The van der Waals surface area contributed by atoms with Crippen LogP contribution in [0, 0.1) is 20.8 Å². The van der Waals surface area contributed by atoms with Crippen molar-refractivity contribution in [3.05, 3.63) is 29.1 Å². The fraction of sp³-hybridized carbons (Fsp3) is 0.500. The van der Waals surface area contributed by atoms with E-state index in [2.05, 4.69) is 22.3 Å². The molecule has 2 heterocycles. The van der Waals surface area contributed by atoms with Crippen molar-refractivity contribution in [1.29, 1.82) is 0 Å². The highest BCUT2D eigenvalue weighted by molar-refractivity contribution is 6.02. The molecular weight excluding hydrogens is 256 g/mol. The molecule has 0 atom stereocenters. The highest BCUT2D eigenvalue weighted by atomic mass is 16.4. The Morgan fingerprint density at radius 2 is 2.15 bits per heavy atom. The maximum absolute atomic E-state index is 12.2. The summed E-state index contributed by atoms with van der Waals surface area (Å²) in [5, 5.41) is 7.22. The van der Waals surface area contributed by atoms with Crippen LogP contribution in [0.1, 0.15) is 47.6 Å². The average molecular weight is 276 g/mol. The number of carbonyl (C=O) groups is 1. The highest BCUT2D eigenvalue weighted by Crippen LogP contribution is 2.15. The quantitative estimate of drug-likeness (QED) is 0.911. The van der Waals surface area contributed by atoms with Crippen molar-refractivity contribution < 1.29 is 9.21 Å². The lowest BCUT2D eigenvalue weighted by molar-refractivity contribution is 0.0993. The molecule has 0 aliphatic heterocycles. The van der Waals surface area contributed by atoms with E-state index in [0.29, 0.717) is 17.4 Å². The Balaban J connectivity index is 2.17. The molecule has 0 aliphatic rings. The van der Waals surface area contributed by atoms with Gasteiger partial charge in [-0.05, 0) is 20.3 Å². The van der Waals surface area contributed by atoms with E-state index in [4.69, 9.17) is 4.42 Å². The largest absolute Gasteiger partial charge is 0.436 e. The van der Waals surface area contributed by atoms with E-state index in [9.17, 15) is 4.79 Å². The second-order valence-corrected chi connectivity index (χ2v) is 4.85. The van der Waals surface area contributed by atoms with Crippen molar-refractivity contribution >= 4 is 11.7 Å². The molecule has 0 radical (unpaired) electrons. The summed E-state index contributed by atoms with van der Waals surface area (Å²) in [4.78, 5) is 16.3. The number of aryl methyl sites for hydroxylation is 4. The van der Waals surface area contributed by atoms with Crippen molar-refractivity contribution in [1.82, 2.24) is 14.8 Å². The summed E-state index contributed by atoms with van der Waals surface area (Å²) in [6.07, 6.45) is 2.09. The molecule has 20 heavy (non-hydrogen) atoms. The number of amides is 1. The number of unbranched alkanes of at least 4 members (excludes halogenated alkanes) is 1. The van der Waals surface area contributed by atoms with E-state index in [0.717, 1.165) is 25.1 Å². The molecule has 6 nitrogen and oxygen atoms in total. The number of oxazole rings is 1. The van der Waals surface area contributed by atoms with Gasteiger partial charge in [-0.15, -0.1) is 0 Å². The zero-order valence-electron chi connectivity index (χ0n) is 12.4. The van der Waals surface area contributed by atoms with E-state index in [1.807, 2.05) is 17.7 Å². The summed E-state index contributed by atoms with van der Waals surface area (Å²) in [5.41, 5.74) is 1.47. The Bertz CT molecular complexity index is 613. The number of nitrogens with one attached hydrogen (secondary N) is 1. The fourth-order valence-corrected chi connectivity index (χ4v) is 2.04. The topological polar surface area (TPSA) is 73.0 Å². The number of rotatable bonds is 5. The summed E-state index contributed by atoms with van der Waals surface area (Å²) in [5.74, 6) is 1.14. The molecular formula is C14H20N4O2. The van der Waals surface area contributed by atoms with Gasteiger partial charge >= 0.3 is 0 Å². The van der Waals surface area contributed by atoms with Crippen LogP contribution < -0.4 is 5.32 Å². The van der Waals surface area contributed by atoms with E-state index in [1.165, 1.54) is 0 Å². The zero-order valence-corrected chi connectivity index (χ0v) is 12.4. The maximum Gasteiger partial charge on any atom is 0.294 e. The van der Waals surface area contributed by atoms with Gasteiger partial charge in [0, 0.05) is 19.5 Å². The molecule has 0 bridgehead atoms. The standard InChI is InChI=1S/C14H20N4O2/c1-5-6-7-18-12(8-9(2)17-18)16-14(19)13-10(3)15-11(4)20-13/h8H,5-7H2,1-4H3,(H,16,19). The number of carbonyl (C=O) groups excluding carboxylic acids is 1. The number of aromatic nitrogens is 3. The van der Waals surface area contributed by atoms with Crippen LogP contribution in [0.2, 0.25) is 0 Å². The molecule has 0 saturated carbocycles. The van der Waals surface area contributed by atoms with Gasteiger partial charge in [0.1, 0.15) is 5.82 Å². The Morgan fingerprint density at radius 3 is 2.75 bits per heavy atom. The second kappa shape index (κ2) is 5.90. The van der Waals surface area contributed by atoms with E-state index >= 15 is 0 Å². The number of anilines is 1. The Labute approximate surface area is 118 Å². The first-order chi connectivity index (χ1) is 9.51. The Hall–Kier alpha value is -2.11. The lowest BCUT2D eigenvalue weighted by atomic mass is 10.3. The summed E-state index contributed by atoms with van der Waals surface area (Å²) in [7, 11) is 0. The Kier molecular flexibility index (Phi) is 4.22. The van der Waals surface area contributed by atoms with Crippen LogP contribution >= 0.6 is 0 Å². The van der Waals surface area contributed by atoms with Gasteiger partial charge in [0.25, 0.3) is 5.91 Å². The second-order valence-electron chi connectivity index (χ2n) is 4.85. The minimum atomic E-state index is -0.291. The minimum absolute atomic E-state index is 0.253. The van der Waals surface area contributed by atoms with Crippen LogP contribution in [-0.4, -0.2) is 20.7 Å². The molecule has 1 N–H and O–H groups in total. The molecule has 2 rings (SSSR count). The molecule has 2 aromatic heterocycles. The van der Waals surface area contributed by atoms with E-state index in [-0.39, 0.29) is 11.7 Å². The lowest BCUT2D eigenvalue weighted by Gasteiger charge is -2.07. The van der Waals surface area contributed by atoms with Crippen molar-refractivity contribution in [3.8, 4) is 0 Å².